The number of nitrogens with one attached hydrogen (secondary N) is 1. The van der Waals surface area contributed by atoms with Crippen LogP contribution in [-0.2, 0) is 0 Å². The number of methoxy groups -OCH3 is 3. The number of hydrogen-bond acceptors (Lipinski definition) is 5. The second kappa shape index (κ2) is 6.94. The lowest BCUT2D eigenvalue weighted by Crippen LogP contribution is -1.96. The molecule has 0 spiro atoms. The van der Waals surface area contributed by atoms with Crippen LogP contribution in [-0.4, -0.2) is 31.3 Å². The Morgan fingerprint density at radius 3 is 2.04 bits per heavy atom. The molecule has 1 aromatic heterocycles. The molecule has 0 aliphatic rings. The number of rotatable bonds is 5. The number of imidazole rings is 1. The molecule has 0 unspecified atom stereocenters. The molecule has 0 aliphatic carbocycles. The first kappa shape index (κ1) is 17.0. The molecule has 3 N–H and O–H groups in total. The van der Waals surface area contributed by atoms with Crippen LogP contribution in [0.1, 0.15) is 0 Å². The number of halogens is 1. The van der Waals surface area contributed by atoms with Gasteiger partial charge in [0.25, 0.3) is 0 Å². The van der Waals surface area contributed by atoms with E-state index in [0.717, 1.165) is 16.8 Å². The van der Waals surface area contributed by atoms with Crippen LogP contribution in [0.2, 0.25) is 5.02 Å². The summed E-state index contributed by atoms with van der Waals surface area (Å²) >= 11 is 5.98. The van der Waals surface area contributed by atoms with E-state index >= 15 is 0 Å². The molecule has 0 atom stereocenters. The number of H-pyrrole nitrogens is 1. The van der Waals surface area contributed by atoms with E-state index in [1.54, 1.807) is 21.3 Å². The summed E-state index contributed by atoms with van der Waals surface area (Å²) in [4.78, 5) is 7.52. The number of nitrogen functional groups attached to an aromatic ring is 1. The number of aromatic nitrogens is 2. The average Bonchev–Trinajstić information content (AvgIpc) is 3.02. The van der Waals surface area contributed by atoms with Crippen molar-refractivity contribution < 1.29 is 14.2 Å². The van der Waals surface area contributed by atoms with Gasteiger partial charge >= 0.3 is 0 Å². The summed E-state index contributed by atoms with van der Waals surface area (Å²) < 4.78 is 16.2. The maximum atomic E-state index is 5.98. The second-order valence-corrected chi connectivity index (χ2v) is 5.70. The van der Waals surface area contributed by atoms with Gasteiger partial charge in [0, 0.05) is 16.1 Å². The molecule has 3 rings (SSSR count). The first-order valence-electron chi connectivity index (χ1n) is 7.49. The Morgan fingerprint density at radius 2 is 1.52 bits per heavy atom. The van der Waals surface area contributed by atoms with Gasteiger partial charge in [-0.05, 0) is 24.3 Å². The van der Waals surface area contributed by atoms with Crippen molar-refractivity contribution in [1.29, 1.82) is 0 Å². The third-order valence-corrected chi connectivity index (χ3v) is 4.05. The Balaban J connectivity index is 2.19. The molecule has 0 bridgehead atoms. The summed E-state index contributed by atoms with van der Waals surface area (Å²) in [6.45, 7) is 0. The monoisotopic (exact) mass is 359 g/mol. The molecule has 0 fully saturated rings. The van der Waals surface area contributed by atoms with Gasteiger partial charge < -0.3 is 24.9 Å². The maximum absolute atomic E-state index is 5.98. The minimum Gasteiger partial charge on any atom is -0.493 e. The SMILES string of the molecule is COc1cc(-c2nc(N)[nH]c2-c2ccc(Cl)cc2)cc(OC)c1OC. The van der Waals surface area contributed by atoms with Gasteiger partial charge in [-0.2, -0.15) is 0 Å². The first-order valence-corrected chi connectivity index (χ1v) is 7.87. The number of aromatic amines is 1. The molecule has 0 aliphatic heterocycles. The van der Waals surface area contributed by atoms with Gasteiger partial charge in [-0.3, -0.25) is 0 Å². The Kier molecular flexibility index (Phi) is 4.72. The van der Waals surface area contributed by atoms with Gasteiger partial charge in [0.15, 0.2) is 17.4 Å². The van der Waals surface area contributed by atoms with Crippen molar-refractivity contribution in [1.82, 2.24) is 9.97 Å². The summed E-state index contributed by atoms with van der Waals surface area (Å²) in [7, 11) is 4.70. The zero-order valence-electron chi connectivity index (χ0n) is 14.1. The molecular weight excluding hydrogens is 342 g/mol. The van der Waals surface area contributed by atoms with E-state index in [0.29, 0.717) is 33.9 Å². The molecule has 7 heteroatoms. The predicted octanol–water partition coefficient (Wildman–Crippen LogP) is 4.01. The second-order valence-electron chi connectivity index (χ2n) is 5.27. The van der Waals surface area contributed by atoms with Crippen LogP contribution in [0.15, 0.2) is 36.4 Å². The van der Waals surface area contributed by atoms with Crippen molar-refractivity contribution in [3.8, 4) is 39.8 Å². The number of nitrogens with zero attached hydrogens (tertiary/aromatic N) is 1. The molecule has 6 nitrogen and oxygen atoms in total. The van der Waals surface area contributed by atoms with E-state index in [9.17, 15) is 0 Å². The topological polar surface area (TPSA) is 82.4 Å². The number of nitrogens with two attached hydrogens (primary N) is 1. The summed E-state index contributed by atoms with van der Waals surface area (Å²) in [6, 6.07) is 11.1. The first-order chi connectivity index (χ1) is 12.1. The zero-order chi connectivity index (χ0) is 18.0. The maximum Gasteiger partial charge on any atom is 0.203 e. The molecule has 2 aromatic carbocycles. The molecule has 130 valence electrons. The molecule has 0 saturated heterocycles. The van der Waals surface area contributed by atoms with E-state index < -0.39 is 0 Å². The van der Waals surface area contributed by atoms with E-state index in [-0.39, 0.29) is 0 Å². The third kappa shape index (κ3) is 3.21. The lowest BCUT2D eigenvalue weighted by molar-refractivity contribution is 0.324. The van der Waals surface area contributed by atoms with E-state index in [1.807, 2.05) is 36.4 Å². The standard InChI is InChI=1S/C18H18ClN3O3/c1-23-13-8-11(9-14(24-2)17(13)25-3)16-15(21-18(20)22-16)10-4-6-12(19)7-5-10/h4-9H,1-3H3,(H3,20,21,22). The van der Waals surface area contributed by atoms with Crippen LogP contribution >= 0.6 is 11.6 Å². The van der Waals surface area contributed by atoms with Crippen LogP contribution in [0.3, 0.4) is 0 Å². The molecule has 25 heavy (non-hydrogen) atoms. The smallest absolute Gasteiger partial charge is 0.203 e. The molecule has 1 heterocycles. The zero-order valence-corrected chi connectivity index (χ0v) is 14.8. The summed E-state index contributed by atoms with van der Waals surface area (Å²) in [5.74, 6) is 1.92. The third-order valence-electron chi connectivity index (χ3n) is 3.79. The lowest BCUT2D eigenvalue weighted by Gasteiger charge is -2.14. The number of anilines is 1. The quantitative estimate of drug-likeness (QED) is 0.719. The predicted molar refractivity (Wildman–Crippen MR) is 98.5 cm³/mol. The minimum atomic E-state index is 0.314. The number of benzene rings is 2. The Hall–Kier alpha value is -2.86. The van der Waals surface area contributed by atoms with Crippen LogP contribution in [0.25, 0.3) is 22.5 Å². The molecular formula is C18H18ClN3O3. The molecule has 0 amide bonds. The molecule has 3 aromatic rings. The highest BCUT2D eigenvalue weighted by atomic mass is 35.5. The average molecular weight is 360 g/mol. The highest BCUT2D eigenvalue weighted by Gasteiger charge is 2.19. The summed E-state index contributed by atoms with van der Waals surface area (Å²) in [6.07, 6.45) is 0. The van der Waals surface area contributed by atoms with Crippen molar-refractivity contribution in [2.45, 2.75) is 0 Å². The van der Waals surface area contributed by atoms with Gasteiger partial charge in [0.2, 0.25) is 5.75 Å². The van der Waals surface area contributed by atoms with E-state index in [2.05, 4.69) is 9.97 Å². The largest absolute Gasteiger partial charge is 0.493 e. The Morgan fingerprint density at radius 1 is 0.920 bits per heavy atom. The number of hydrogen-bond donors (Lipinski definition) is 2. The van der Waals surface area contributed by atoms with Gasteiger partial charge in [-0.1, -0.05) is 23.7 Å². The Bertz CT molecular complexity index is 866. The van der Waals surface area contributed by atoms with Crippen LogP contribution in [0.5, 0.6) is 17.2 Å². The van der Waals surface area contributed by atoms with Gasteiger partial charge in [0.1, 0.15) is 0 Å². The van der Waals surface area contributed by atoms with Crippen molar-refractivity contribution in [2.24, 2.45) is 0 Å². The van der Waals surface area contributed by atoms with E-state index in [1.165, 1.54) is 0 Å². The summed E-state index contributed by atoms with van der Waals surface area (Å²) in [5, 5.41) is 0.658. The Labute approximate surface area is 150 Å². The fourth-order valence-electron chi connectivity index (χ4n) is 2.64. The summed E-state index contributed by atoms with van der Waals surface area (Å²) in [5.41, 5.74) is 9.06. The van der Waals surface area contributed by atoms with Crippen LogP contribution in [0.4, 0.5) is 5.95 Å². The molecule has 0 saturated carbocycles. The van der Waals surface area contributed by atoms with E-state index in [4.69, 9.17) is 31.5 Å². The van der Waals surface area contributed by atoms with Gasteiger partial charge in [-0.15, -0.1) is 0 Å². The van der Waals surface area contributed by atoms with Crippen molar-refractivity contribution in [2.75, 3.05) is 27.1 Å². The molecule has 0 radical (unpaired) electrons. The van der Waals surface area contributed by atoms with Crippen LogP contribution in [0, 0.1) is 0 Å². The highest BCUT2D eigenvalue weighted by molar-refractivity contribution is 6.30. The number of ether oxygens (including phenoxy) is 3. The fraction of sp³-hybridized carbons (Fsp3) is 0.167. The van der Waals surface area contributed by atoms with Crippen molar-refractivity contribution in [3.63, 3.8) is 0 Å². The lowest BCUT2D eigenvalue weighted by atomic mass is 10.0. The van der Waals surface area contributed by atoms with Crippen LogP contribution < -0.4 is 19.9 Å². The van der Waals surface area contributed by atoms with Gasteiger partial charge in [-0.25, -0.2) is 4.98 Å². The van der Waals surface area contributed by atoms with Gasteiger partial charge in [0.05, 0.1) is 32.7 Å². The highest BCUT2D eigenvalue weighted by Crippen LogP contribution is 2.42. The normalized spacial score (nSPS) is 10.6. The van der Waals surface area contributed by atoms with Crippen molar-refractivity contribution >= 4 is 17.5 Å². The minimum absolute atomic E-state index is 0.314. The van der Waals surface area contributed by atoms with Crippen molar-refractivity contribution in [3.05, 3.63) is 41.4 Å². The fourth-order valence-corrected chi connectivity index (χ4v) is 2.77.